The largest absolute Gasteiger partial charge is 0.462 e. The van der Waals surface area contributed by atoms with Crippen molar-refractivity contribution < 1.29 is 9.53 Å². The maximum Gasteiger partial charge on any atom is 0.338 e. The Kier molecular flexibility index (Phi) is 4.82. The second-order valence-electron chi connectivity index (χ2n) is 6.06. The van der Waals surface area contributed by atoms with Gasteiger partial charge in [0.05, 0.1) is 24.3 Å². The van der Waals surface area contributed by atoms with Crippen LogP contribution in [0.25, 0.3) is 11.1 Å². The number of ether oxygens (including phenoxy) is 1. The average Bonchev–Trinajstić information content (AvgIpc) is 2.98. The molecule has 0 amide bonds. The minimum Gasteiger partial charge on any atom is -0.462 e. The molecule has 4 nitrogen and oxygen atoms in total. The summed E-state index contributed by atoms with van der Waals surface area (Å²) in [5.74, 6) is -1.50. The van der Waals surface area contributed by atoms with Crippen LogP contribution in [0.4, 0.5) is 0 Å². The molecule has 1 unspecified atom stereocenters. The summed E-state index contributed by atoms with van der Waals surface area (Å²) in [5.41, 5.74) is 3.96. The molecule has 0 radical (unpaired) electrons. The second-order valence-corrected chi connectivity index (χ2v) is 6.06. The highest BCUT2D eigenvalue weighted by Crippen LogP contribution is 2.49. The number of nitrogens with zero attached hydrogens (tertiary/aromatic N) is 2. The molecule has 2 aromatic carbocycles. The molecule has 124 valence electrons. The Morgan fingerprint density at radius 2 is 1.84 bits per heavy atom. The predicted molar refractivity (Wildman–Crippen MR) is 93.6 cm³/mol. The fourth-order valence-corrected chi connectivity index (χ4v) is 3.39. The molecular formula is C21H18N2O2. The van der Waals surface area contributed by atoms with Crippen molar-refractivity contribution in [3.05, 3.63) is 59.2 Å². The third kappa shape index (κ3) is 2.88. The van der Waals surface area contributed by atoms with Crippen LogP contribution in [0.1, 0.15) is 47.2 Å². The Bertz CT molecular complexity index is 875. The summed E-state index contributed by atoms with van der Waals surface area (Å²) in [5, 5.41) is 18.8. The van der Waals surface area contributed by atoms with E-state index in [0.29, 0.717) is 12.2 Å². The summed E-state index contributed by atoms with van der Waals surface area (Å²) in [6.07, 6.45) is 1.78. The van der Waals surface area contributed by atoms with Gasteiger partial charge in [-0.15, -0.1) is 0 Å². The zero-order chi connectivity index (χ0) is 17.8. The lowest BCUT2D eigenvalue weighted by Gasteiger charge is -2.14. The number of hydrogen-bond donors (Lipinski definition) is 0. The Hall–Kier alpha value is -3.11. The van der Waals surface area contributed by atoms with Crippen LogP contribution in [-0.4, -0.2) is 12.6 Å². The van der Waals surface area contributed by atoms with Gasteiger partial charge in [-0.3, -0.25) is 0 Å². The fourth-order valence-electron chi connectivity index (χ4n) is 3.39. The third-order valence-electron chi connectivity index (χ3n) is 4.56. The molecule has 0 saturated carbocycles. The molecule has 3 rings (SSSR count). The van der Waals surface area contributed by atoms with Gasteiger partial charge in [0.25, 0.3) is 0 Å². The number of rotatable bonds is 5. The molecule has 0 saturated heterocycles. The van der Waals surface area contributed by atoms with Gasteiger partial charge in [0, 0.05) is 11.5 Å². The minimum atomic E-state index is -0.797. The first-order valence-electron chi connectivity index (χ1n) is 8.41. The van der Waals surface area contributed by atoms with Crippen LogP contribution < -0.4 is 0 Å². The summed E-state index contributed by atoms with van der Waals surface area (Å²) < 4.78 is 5.39. The number of benzene rings is 2. The summed E-state index contributed by atoms with van der Waals surface area (Å²) in [7, 11) is 0. The average molecular weight is 330 g/mol. The van der Waals surface area contributed by atoms with Crippen molar-refractivity contribution >= 4 is 5.97 Å². The van der Waals surface area contributed by atoms with Gasteiger partial charge in [0.1, 0.15) is 5.92 Å². The number of esters is 1. The summed E-state index contributed by atoms with van der Waals surface area (Å²) >= 11 is 0. The third-order valence-corrected chi connectivity index (χ3v) is 4.56. The first-order chi connectivity index (χ1) is 12.2. The zero-order valence-corrected chi connectivity index (χ0v) is 14.0. The van der Waals surface area contributed by atoms with Crippen LogP contribution in [0, 0.1) is 28.6 Å². The van der Waals surface area contributed by atoms with Crippen molar-refractivity contribution in [1.29, 1.82) is 10.5 Å². The van der Waals surface area contributed by atoms with Gasteiger partial charge < -0.3 is 4.74 Å². The summed E-state index contributed by atoms with van der Waals surface area (Å²) in [6, 6.07) is 17.3. The van der Waals surface area contributed by atoms with E-state index in [1.54, 1.807) is 12.1 Å². The van der Waals surface area contributed by atoms with Crippen LogP contribution in [0.2, 0.25) is 0 Å². The van der Waals surface area contributed by atoms with E-state index in [2.05, 4.69) is 12.1 Å². The molecule has 0 spiro atoms. The van der Waals surface area contributed by atoms with Gasteiger partial charge in [0.15, 0.2) is 0 Å². The summed E-state index contributed by atoms with van der Waals surface area (Å²) in [6.45, 7) is 2.43. The first kappa shape index (κ1) is 16.7. The van der Waals surface area contributed by atoms with Crippen LogP contribution in [0.5, 0.6) is 0 Å². The highest BCUT2D eigenvalue weighted by Gasteiger charge is 2.37. The lowest BCUT2D eigenvalue weighted by molar-refractivity contribution is 0.0500. The molecule has 1 aliphatic rings. The van der Waals surface area contributed by atoms with Crippen molar-refractivity contribution in [1.82, 2.24) is 0 Å². The second kappa shape index (κ2) is 7.20. The molecule has 0 aromatic heterocycles. The van der Waals surface area contributed by atoms with Crippen molar-refractivity contribution in [3.63, 3.8) is 0 Å². The highest BCUT2D eigenvalue weighted by molar-refractivity contribution is 6.00. The molecule has 0 bridgehead atoms. The quantitative estimate of drug-likeness (QED) is 0.601. The van der Waals surface area contributed by atoms with Gasteiger partial charge in [-0.05, 0) is 29.2 Å². The standard InChI is InChI=1S/C21H18N2O2/c1-2-3-11-25-21(24)18-10-6-9-17-19(14(12-22)13-23)15-7-4-5-8-16(15)20(17)18/h4-10,14,19H,2-3,11H2,1H3. The Labute approximate surface area is 147 Å². The number of carbonyl (C=O) groups excluding carboxylic acids is 1. The van der Waals surface area contributed by atoms with E-state index in [4.69, 9.17) is 4.74 Å². The first-order valence-corrected chi connectivity index (χ1v) is 8.41. The smallest absolute Gasteiger partial charge is 0.338 e. The molecule has 0 N–H and O–H groups in total. The van der Waals surface area contributed by atoms with E-state index < -0.39 is 5.92 Å². The van der Waals surface area contributed by atoms with Crippen LogP contribution in [-0.2, 0) is 4.74 Å². The maximum atomic E-state index is 12.6. The Morgan fingerprint density at radius 1 is 1.12 bits per heavy atom. The number of unbranched alkanes of at least 4 members (excludes halogenated alkanes) is 1. The lowest BCUT2D eigenvalue weighted by atomic mass is 9.85. The molecule has 25 heavy (non-hydrogen) atoms. The van der Waals surface area contributed by atoms with Crippen LogP contribution in [0.3, 0.4) is 0 Å². The molecule has 1 aliphatic carbocycles. The molecule has 4 heteroatoms. The lowest BCUT2D eigenvalue weighted by Crippen LogP contribution is -2.10. The fraction of sp³-hybridized carbons (Fsp3) is 0.286. The van der Waals surface area contributed by atoms with Gasteiger partial charge >= 0.3 is 5.97 Å². The topological polar surface area (TPSA) is 73.9 Å². The van der Waals surface area contributed by atoms with E-state index in [1.165, 1.54) is 0 Å². The maximum absolute atomic E-state index is 12.6. The molecular weight excluding hydrogens is 312 g/mol. The number of carbonyl (C=O) groups is 1. The molecule has 2 aromatic rings. The van der Waals surface area contributed by atoms with Crippen molar-refractivity contribution in [3.8, 4) is 23.3 Å². The van der Waals surface area contributed by atoms with Crippen molar-refractivity contribution in [2.45, 2.75) is 25.7 Å². The van der Waals surface area contributed by atoms with E-state index >= 15 is 0 Å². The van der Waals surface area contributed by atoms with Gasteiger partial charge in [-0.25, -0.2) is 4.79 Å². The Balaban J connectivity index is 2.11. The van der Waals surface area contributed by atoms with E-state index in [1.807, 2.05) is 37.3 Å². The van der Waals surface area contributed by atoms with E-state index in [0.717, 1.165) is 35.1 Å². The van der Waals surface area contributed by atoms with Gasteiger partial charge in [0.2, 0.25) is 0 Å². The number of hydrogen-bond acceptors (Lipinski definition) is 4. The highest BCUT2D eigenvalue weighted by atomic mass is 16.5. The van der Waals surface area contributed by atoms with Crippen molar-refractivity contribution in [2.24, 2.45) is 5.92 Å². The van der Waals surface area contributed by atoms with E-state index in [9.17, 15) is 15.3 Å². The SMILES string of the molecule is CCCCOC(=O)c1cccc2c1-c1ccccc1C2C(C#N)C#N. The normalized spacial score (nSPS) is 14.3. The predicted octanol–water partition coefficient (Wildman–Crippen LogP) is 4.42. The summed E-state index contributed by atoms with van der Waals surface area (Å²) in [4.78, 5) is 12.6. The van der Waals surface area contributed by atoms with Crippen LogP contribution >= 0.6 is 0 Å². The number of nitriles is 2. The van der Waals surface area contributed by atoms with Crippen molar-refractivity contribution in [2.75, 3.05) is 6.61 Å². The monoisotopic (exact) mass is 330 g/mol. The minimum absolute atomic E-state index is 0.343. The van der Waals surface area contributed by atoms with E-state index in [-0.39, 0.29) is 11.9 Å². The molecule has 0 fully saturated rings. The molecule has 0 heterocycles. The van der Waals surface area contributed by atoms with Gasteiger partial charge in [-0.1, -0.05) is 49.7 Å². The van der Waals surface area contributed by atoms with Gasteiger partial charge in [-0.2, -0.15) is 10.5 Å². The Morgan fingerprint density at radius 3 is 2.56 bits per heavy atom. The van der Waals surface area contributed by atoms with Crippen LogP contribution in [0.15, 0.2) is 42.5 Å². The molecule has 1 atom stereocenters. The number of fused-ring (bicyclic) bond motifs is 3. The zero-order valence-electron chi connectivity index (χ0n) is 14.0. The molecule has 0 aliphatic heterocycles.